The molecule has 0 atom stereocenters. The van der Waals surface area contributed by atoms with E-state index < -0.39 is 0 Å². The Morgan fingerprint density at radius 3 is 3.00 bits per heavy atom. The van der Waals surface area contributed by atoms with Gasteiger partial charge in [0, 0.05) is 44.0 Å². The summed E-state index contributed by atoms with van der Waals surface area (Å²) in [5.41, 5.74) is 7.01. The van der Waals surface area contributed by atoms with E-state index in [-0.39, 0.29) is 0 Å². The first-order chi connectivity index (χ1) is 6.78. The molecule has 0 radical (unpaired) electrons. The van der Waals surface area contributed by atoms with Crippen LogP contribution >= 0.6 is 0 Å². The van der Waals surface area contributed by atoms with E-state index in [1.54, 1.807) is 0 Å². The molecule has 14 heavy (non-hydrogen) atoms. The van der Waals surface area contributed by atoms with Crippen molar-refractivity contribution in [2.24, 2.45) is 5.73 Å². The topological polar surface area (TPSA) is 47.1 Å². The number of hydrogen-bond acceptors (Lipinski definition) is 3. The van der Waals surface area contributed by atoms with Gasteiger partial charge in [0.1, 0.15) is 0 Å². The van der Waals surface area contributed by atoms with Crippen molar-refractivity contribution in [2.45, 2.75) is 32.5 Å². The fraction of sp³-hybridized carbons (Fsp3) is 0.700. The molecule has 1 aliphatic rings. The van der Waals surface area contributed by atoms with Crippen molar-refractivity contribution in [3.63, 3.8) is 0 Å². The van der Waals surface area contributed by atoms with Crippen LogP contribution in [0.2, 0.25) is 0 Å². The highest BCUT2D eigenvalue weighted by atomic mass is 15.3. The fourth-order valence-electron chi connectivity index (χ4n) is 1.84. The normalized spacial score (nSPS) is 18.4. The van der Waals surface area contributed by atoms with E-state index >= 15 is 0 Å². The smallest absolute Gasteiger partial charge is 0.0534 e. The van der Waals surface area contributed by atoms with Crippen molar-refractivity contribution >= 4 is 0 Å². The molecule has 4 nitrogen and oxygen atoms in total. The quantitative estimate of drug-likeness (QED) is 0.756. The molecule has 0 spiro atoms. The summed E-state index contributed by atoms with van der Waals surface area (Å²) in [6, 6.07) is 0.390. The van der Waals surface area contributed by atoms with Crippen LogP contribution < -0.4 is 5.73 Å². The van der Waals surface area contributed by atoms with Crippen LogP contribution in [0.3, 0.4) is 0 Å². The molecule has 0 aromatic carbocycles. The van der Waals surface area contributed by atoms with Crippen LogP contribution in [0.4, 0.5) is 0 Å². The SMILES string of the molecule is CCCn1cc(CN2CC(N)C2)cn1. The maximum atomic E-state index is 5.71. The van der Waals surface area contributed by atoms with Crippen LogP contribution in [0.15, 0.2) is 12.4 Å². The number of hydrogen-bond donors (Lipinski definition) is 1. The molecule has 2 rings (SSSR count). The van der Waals surface area contributed by atoms with Gasteiger partial charge in [-0.1, -0.05) is 6.92 Å². The van der Waals surface area contributed by atoms with Crippen molar-refractivity contribution in [3.05, 3.63) is 18.0 Å². The lowest BCUT2D eigenvalue weighted by molar-refractivity contribution is 0.142. The average molecular weight is 194 g/mol. The van der Waals surface area contributed by atoms with Gasteiger partial charge in [0.2, 0.25) is 0 Å². The molecular formula is C10H18N4. The second-order valence-corrected chi connectivity index (χ2v) is 4.07. The monoisotopic (exact) mass is 194 g/mol. The summed E-state index contributed by atoms with van der Waals surface area (Å²) < 4.78 is 2.01. The van der Waals surface area contributed by atoms with Crippen molar-refractivity contribution in [1.82, 2.24) is 14.7 Å². The lowest BCUT2D eigenvalue weighted by Crippen LogP contribution is -2.54. The van der Waals surface area contributed by atoms with E-state index in [4.69, 9.17) is 5.73 Å². The third-order valence-corrected chi connectivity index (χ3v) is 2.53. The predicted octanol–water partition coefficient (Wildman–Crippen LogP) is 0.436. The Balaban J connectivity index is 1.84. The van der Waals surface area contributed by atoms with Crippen LogP contribution in [0, 0.1) is 0 Å². The zero-order valence-corrected chi connectivity index (χ0v) is 8.69. The van der Waals surface area contributed by atoms with Gasteiger partial charge in [0.15, 0.2) is 0 Å². The Hall–Kier alpha value is -0.870. The van der Waals surface area contributed by atoms with E-state index in [9.17, 15) is 0 Å². The van der Waals surface area contributed by atoms with Gasteiger partial charge in [0.05, 0.1) is 6.20 Å². The minimum absolute atomic E-state index is 0.390. The molecule has 4 heteroatoms. The van der Waals surface area contributed by atoms with Crippen molar-refractivity contribution in [2.75, 3.05) is 13.1 Å². The molecule has 1 saturated heterocycles. The van der Waals surface area contributed by atoms with E-state index in [1.165, 1.54) is 5.56 Å². The average Bonchev–Trinajstić information content (AvgIpc) is 2.51. The number of rotatable bonds is 4. The molecule has 0 aliphatic carbocycles. The summed E-state index contributed by atoms with van der Waals surface area (Å²) in [4.78, 5) is 2.35. The highest BCUT2D eigenvalue weighted by Crippen LogP contribution is 2.11. The summed E-state index contributed by atoms with van der Waals surface area (Å²) in [6.45, 7) is 6.23. The Kier molecular flexibility index (Phi) is 2.84. The highest BCUT2D eigenvalue weighted by molar-refractivity contribution is 5.05. The minimum atomic E-state index is 0.390. The lowest BCUT2D eigenvalue weighted by Gasteiger charge is -2.36. The third-order valence-electron chi connectivity index (χ3n) is 2.53. The molecular weight excluding hydrogens is 176 g/mol. The molecule has 2 heterocycles. The number of aromatic nitrogens is 2. The van der Waals surface area contributed by atoms with Gasteiger partial charge in [-0.3, -0.25) is 9.58 Å². The van der Waals surface area contributed by atoms with E-state index in [0.717, 1.165) is 32.6 Å². The van der Waals surface area contributed by atoms with E-state index in [1.807, 2.05) is 10.9 Å². The molecule has 78 valence electrons. The first-order valence-electron chi connectivity index (χ1n) is 5.27. The molecule has 1 fully saturated rings. The molecule has 0 bridgehead atoms. The number of likely N-dealkylation sites (tertiary alicyclic amines) is 1. The molecule has 1 aromatic heterocycles. The molecule has 1 aromatic rings. The van der Waals surface area contributed by atoms with Gasteiger partial charge in [-0.05, 0) is 6.42 Å². The zero-order chi connectivity index (χ0) is 9.97. The molecule has 0 unspecified atom stereocenters. The van der Waals surface area contributed by atoms with Crippen LogP contribution in [-0.4, -0.2) is 33.8 Å². The Morgan fingerprint density at radius 1 is 1.57 bits per heavy atom. The fourth-order valence-corrected chi connectivity index (χ4v) is 1.84. The minimum Gasteiger partial charge on any atom is -0.325 e. The second-order valence-electron chi connectivity index (χ2n) is 4.07. The van der Waals surface area contributed by atoms with Crippen molar-refractivity contribution in [3.8, 4) is 0 Å². The van der Waals surface area contributed by atoms with Gasteiger partial charge in [-0.15, -0.1) is 0 Å². The predicted molar refractivity (Wildman–Crippen MR) is 55.8 cm³/mol. The van der Waals surface area contributed by atoms with Crippen molar-refractivity contribution < 1.29 is 0 Å². The second kappa shape index (κ2) is 4.11. The maximum Gasteiger partial charge on any atom is 0.0534 e. The first kappa shape index (κ1) is 9.68. The summed E-state index contributed by atoms with van der Waals surface area (Å²) in [6.07, 6.45) is 5.22. The summed E-state index contributed by atoms with van der Waals surface area (Å²) in [7, 11) is 0. The van der Waals surface area contributed by atoms with Crippen LogP contribution in [0.1, 0.15) is 18.9 Å². The standard InChI is InChI=1S/C10H18N4/c1-2-3-14-6-9(4-12-14)5-13-7-10(11)8-13/h4,6,10H,2-3,5,7-8,11H2,1H3. The number of nitrogens with zero attached hydrogens (tertiary/aromatic N) is 3. The van der Waals surface area contributed by atoms with Gasteiger partial charge in [0.25, 0.3) is 0 Å². The molecule has 0 amide bonds. The summed E-state index contributed by atoms with van der Waals surface area (Å²) in [5.74, 6) is 0. The number of nitrogens with two attached hydrogens (primary N) is 1. The molecule has 2 N–H and O–H groups in total. The Bertz CT molecular complexity index is 288. The first-order valence-corrected chi connectivity index (χ1v) is 5.27. The van der Waals surface area contributed by atoms with Crippen LogP contribution in [0.25, 0.3) is 0 Å². The van der Waals surface area contributed by atoms with E-state index in [2.05, 4.69) is 23.1 Å². The van der Waals surface area contributed by atoms with Gasteiger partial charge < -0.3 is 5.73 Å². The number of aryl methyl sites for hydroxylation is 1. The van der Waals surface area contributed by atoms with Crippen molar-refractivity contribution in [1.29, 1.82) is 0 Å². The van der Waals surface area contributed by atoms with Gasteiger partial charge in [-0.25, -0.2) is 0 Å². The summed E-state index contributed by atoms with van der Waals surface area (Å²) >= 11 is 0. The van der Waals surface area contributed by atoms with Gasteiger partial charge >= 0.3 is 0 Å². The lowest BCUT2D eigenvalue weighted by atomic mass is 10.1. The Morgan fingerprint density at radius 2 is 2.36 bits per heavy atom. The highest BCUT2D eigenvalue weighted by Gasteiger charge is 2.22. The molecule has 1 aliphatic heterocycles. The largest absolute Gasteiger partial charge is 0.325 e. The maximum absolute atomic E-state index is 5.71. The van der Waals surface area contributed by atoms with Crippen LogP contribution in [-0.2, 0) is 13.1 Å². The Labute approximate surface area is 84.7 Å². The van der Waals surface area contributed by atoms with Crippen LogP contribution in [0.5, 0.6) is 0 Å². The van der Waals surface area contributed by atoms with Gasteiger partial charge in [-0.2, -0.15) is 5.10 Å². The zero-order valence-electron chi connectivity index (χ0n) is 8.69. The van der Waals surface area contributed by atoms with E-state index in [0.29, 0.717) is 6.04 Å². The third kappa shape index (κ3) is 2.13. The summed E-state index contributed by atoms with van der Waals surface area (Å²) in [5, 5.41) is 4.30. The molecule has 0 saturated carbocycles.